The number of nitrogens with one attached hydrogen (secondary N) is 1. The van der Waals surface area contributed by atoms with Crippen LogP contribution in [0.25, 0.3) is 0 Å². The first-order chi connectivity index (χ1) is 14.5. The van der Waals surface area contributed by atoms with Crippen LogP contribution >= 0.6 is 15.9 Å². The van der Waals surface area contributed by atoms with Gasteiger partial charge in [0.05, 0.1) is 4.47 Å². The van der Waals surface area contributed by atoms with E-state index in [-0.39, 0.29) is 24.0 Å². The first-order valence-electron chi connectivity index (χ1n) is 10.6. The fourth-order valence-electron chi connectivity index (χ4n) is 3.17. The molecule has 0 unspecified atom stereocenters. The van der Waals surface area contributed by atoms with E-state index in [4.69, 9.17) is 4.74 Å². The molecule has 5 nitrogen and oxygen atoms in total. The Morgan fingerprint density at radius 1 is 1.13 bits per heavy atom. The molecule has 0 heterocycles. The molecule has 2 aromatic rings. The van der Waals surface area contributed by atoms with E-state index in [9.17, 15) is 9.59 Å². The molecular formula is C25H33BrN2O3. The Morgan fingerprint density at radius 3 is 2.42 bits per heavy atom. The van der Waals surface area contributed by atoms with Crippen molar-refractivity contribution in [2.75, 3.05) is 6.61 Å². The van der Waals surface area contributed by atoms with Gasteiger partial charge in [0.15, 0.2) is 6.61 Å². The normalized spacial score (nSPS) is 12.2. The van der Waals surface area contributed by atoms with Gasteiger partial charge >= 0.3 is 0 Å². The Balaban J connectivity index is 2.19. The summed E-state index contributed by atoms with van der Waals surface area (Å²) in [4.78, 5) is 27.5. The first-order valence-corrected chi connectivity index (χ1v) is 11.4. The van der Waals surface area contributed by atoms with Gasteiger partial charge in [-0.15, -0.1) is 0 Å². The van der Waals surface area contributed by atoms with Gasteiger partial charge in [-0.25, -0.2) is 0 Å². The molecule has 0 saturated heterocycles. The second-order valence-electron chi connectivity index (χ2n) is 8.83. The quantitative estimate of drug-likeness (QED) is 0.566. The molecule has 168 valence electrons. The van der Waals surface area contributed by atoms with Crippen molar-refractivity contribution in [3.63, 3.8) is 0 Å². The summed E-state index contributed by atoms with van der Waals surface area (Å²) >= 11 is 3.51. The Bertz CT molecular complexity index is 921. The van der Waals surface area contributed by atoms with Crippen molar-refractivity contribution in [1.82, 2.24) is 10.2 Å². The van der Waals surface area contributed by atoms with E-state index in [1.54, 1.807) is 11.8 Å². The molecule has 0 fully saturated rings. The zero-order chi connectivity index (χ0) is 23.2. The Kier molecular flexibility index (Phi) is 8.69. The van der Waals surface area contributed by atoms with Crippen LogP contribution in [0.2, 0.25) is 0 Å². The molecule has 6 heteroatoms. The lowest BCUT2D eigenvalue weighted by molar-refractivity contribution is -0.142. The molecule has 0 aromatic heterocycles. The highest BCUT2D eigenvalue weighted by Crippen LogP contribution is 2.26. The first kappa shape index (κ1) is 24.9. The lowest BCUT2D eigenvalue weighted by Gasteiger charge is -2.31. The van der Waals surface area contributed by atoms with Crippen LogP contribution in [0.5, 0.6) is 5.75 Å². The van der Waals surface area contributed by atoms with Gasteiger partial charge in [-0.05, 0) is 80.2 Å². The summed E-state index contributed by atoms with van der Waals surface area (Å²) in [5, 5.41) is 2.97. The monoisotopic (exact) mass is 488 g/mol. The number of hydrogen-bond donors (Lipinski definition) is 1. The molecular weight excluding hydrogens is 456 g/mol. The van der Waals surface area contributed by atoms with Gasteiger partial charge in [0.25, 0.3) is 5.91 Å². The number of amides is 2. The molecule has 0 radical (unpaired) electrons. The Morgan fingerprint density at radius 2 is 1.84 bits per heavy atom. The summed E-state index contributed by atoms with van der Waals surface area (Å²) < 4.78 is 6.61. The van der Waals surface area contributed by atoms with E-state index in [1.807, 2.05) is 70.2 Å². The van der Waals surface area contributed by atoms with Crippen molar-refractivity contribution in [2.24, 2.45) is 0 Å². The second kappa shape index (κ2) is 10.8. The van der Waals surface area contributed by atoms with E-state index in [0.29, 0.717) is 12.3 Å². The lowest BCUT2D eigenvalue weighted by Crippen LogP contribution is -2.53. The van der Waals surface area contributed by atoms with Crippen LogP contribution in [0, 0.1) is 6.92 Å². The number of aryl methyl sites for hydroxylation is 2. The lowest BCUT2D eigenvalue weighted by atomic mass is 10.1. The summed E-state index contributed by atoms with van der Waals surface area (Å²) in [5.74, 6) is 0.166. The summed E-state index contributed by atoms with van der Waals surface area (Å²) in [6, 6.07) is 13.1. The molecule has 0 aliphatic heterocycles. The Labute approximate surface area is 194 Å². The van der Waals surface area contributed by atoms with Crippen LogP contribution in [0.4, 0.5) is 0 Å². The topological polar surface area (TPSA) is 58.6 Å². The van der Waals surface area contributed by atoms with Gasteiger partial charge in [-0.1, -0.05) is 42.8 Å². The van der Waals surface area contributed by atoms with Crippen LogP contribution in [0.15, 0.2) is 46.9 Å². The maximum absolute atomic E-state index is 13.2. The number of ether oxygens (including phenoxy) is 1. The minimum atomic E-state index is -0.637. The van der Waals surface area contributed by atoms with Crippen molar-refractivity contribution < 1.29 is 14.3 Å². The molecule has 2 aromatic carbocycles. The number of carbonyl (C=O) groups is 2. The molecule has 31 heavy (non-hydrogen) atoms. The summed E-state index contributed by atoms with van der Waals surface area (Å²) in [5.41, 5.74) is 2.87. The van der Waals surface area contributed by atoms with Gasteiger partial charge in [0.2, 0.25) is 5.91 Å². The fraction of sp³-hybridized carbons (Fsp3) is 0.440. The van der Waals surface area contributed by atoms with E-state index < -0.39 is 6.04 Å². The van der Waals surface area contributed by atoms with Crippen molar-refractivity contribution in [3.05, 3.63) is 63.6 Å². The minimum absolute atomic E-state index is 0.150. The summed E-state index contributed by atoms with van der Waals surface area (Å²) in [6.45, 7) is 11.8. The predicted octanol–water partition coefficient (Wildman–Crippen LogP) is 5.03. The predicted molar refractivity (Wildman–Crippen MR) is 128 cm³/mol. The highest BCUT2D eigenvalue weighted by Gasteiger charge is 2.28. The third-order valence-electron chi connectivity index (χ3n) is 4.86. The second-order valence-corrected chi connectivity index (χ2v) is 9.69. The Hall–Kier alpha value is -2.34. The number of hydrogen-bond acceptors (Lipinski definition) is 3. The fourth-order valence-corrected chi connectivity index (χ4v) is 3.71. The number of rotatable bonds is 8. The minimum Gasteiger partial charge on any atom is -0.483 e. The molecule has 0 bridgehead atoms. The number of benzene rings is 2. The van der Waals surface area contributed by atoms with Crippen molar-refractivity contribution >= 4 is 27.7 Å². The molecule has 0 aliphatic carbocycles. The average molecular weight is 489 g/mol. The average Bonchev–Trinajstić information content (AvgIpc) is 2.69. The van der Waals surface area contributed by atoms with Gasteiger partial charge in [-0.3, -0.25) is 9.59 Å². The molecule has 0 saturated carbocycles. The third kappa shape index (κ3) is 7.69. The zero-order valence-corrected chi connectivity index (χ0v) is 20.9. The van der Waals surface area contributed by atoms with Gasteiger partial charge in [0.1, 0.15) is 11.8 Å². The van der Waals surface area contributed by atoms with Crippen LogP contribution in [0.3, 0.4) is 0 Å². The molecule has 0 spiro atoms. The van der Waals surface area contributed by atoms with Crippen molar-refractivity contribution in [1.29, 1.82) is 0 Å². The molecule has 2 rings (SSSR count). The maximum Gasteiger partial charge on any atom is 0.261 e. The maximum atomic E-state index is 13.2. The largest absolute Gasteiger partial charge is 0.483 e. The van der Waals surface area contributed by atoms with Gasteiger partial charge in [0, 0.05) is 12.1 Å². The van der Waals surface area contributed by atoms with Gasteiger partial charge < -0.3 is 15.0 Å². The number of halogens is 1. The zero-order valence-electron chi connectivity index (χ0n) is 19.3. The molecule has 1 N–H and O–H groups in total. The molecule has 2 amide bonds. The van der Waals surface area contributed by atoms with Crippen LogP contribution < -0.4 is 10.1 Å². The highest BCUT2D eigenvalue weighted by atomic mass is 79.9. The third-order valence-corrected chi connectivity index (χ3v) is 5.48. The highest BCUT2D eigenvalue weighted by molar-refractivity contribution is 9.10. The van der Waals surface area contributed by atoms with E-state index in [0.717, 1.165) is 22.0 Å². The summed E-state index contributed by atoms with van der Waals surface area (Å²) in [7, 11) is 0. The van der Waals surface area contributed by atoms with Crippen molar-refractivity contribution in [3.8, 4) is 5.75 Å². The van der Waals surface area contributed by atoms with E-state index >= 15 is 0 Å². The van der Waals surface area contributed by atoms with Gasteiger partial charge in [-0.2, -0.15) is 0 Å². The van der Waals surface area contributed by atoms with Crippen molar-refractivity contribution in [2.45, 2.75) is 66.1 Å². The molecule has 0 aliphatic rings. The molecule has 1 atom stereocenters. The van der Waals surface area contributed by atoms with Crippen LogP contribution in [-0.4, -0.2) is 34.9 Å². The standard InChI is InChI=1S/C25H33BrN2O3/c1-7-19-11-12-22(21(26)14-19)31-16-23(29)28(15-20-10-8-9-17(2)13-20)18(3)24(30)27-25(4,5)6/h8-14,18H,7,15-16H2,1-6H3,(H,27,30)/t18-/m1/s1. The SMILES string of the molecule is CCc1ccc(OCC(=O)N(Cc2cccc(C)c2)[C@H](C)C(=O)NC(C)(C)C)c(Br)c1. The summed E-state index contributed by atoms with van der Waals surface area (Å²) in [6.07, 6.45) is 0.919. The number of nitrogens with zero attached hydrogens (tertiary/aromatic N) is 1. The van der Waals surface area contributed by atoms with Crippen LogP contribution in [-0.2, 0) is 22.6 Å². The van der Waals surface area contributed by atoms with E-state index in [2.05, 4.69) is 28.2 Å². The smallest absolute Gasteiger partial charge is 0.261 e. The van der Waals surface area contributed by atoms with Crippen LogP contribution in [0.1, 0.15) is 51.3 Å². The number of carbonyl (C=O) groups excluding carboxylic acids is 2. The van der Waals surface area contributed by atoms with E-state index in [1.165, 1.54) is 5.56 Å².